The number of rotatable bonds is 5. The normalized spacial score (nSPS) is 24.4. The molecule has 0 radical (unpaired) electrons. The first-order valence-corrected chi connectivity index (χ1v) is 7.29. The molecule has 1 aromatic carbocycles. The molecule has 1 saturated heterocycles. The van der Waals surface area contributed by atoms with E-state index in [4.69, 9.17) is 0 Å². The lowest BCUT2D eigenvalue weighted by atomic mass is 9.92. The number of hydrogen-bond acceptors (Lipinski definition) is 2. The van der Waals surface area contributed by atoms with Gasteiger partial charge in [0.2, 0.25) is 0 Å². The quantitative estimate of drug-likeness (QED) is 0.859. The van der Waals surface area contributed by atoms with Gasteiger partial charge in [-0.05, 0) is 37.4 Å². The second-order valence-electron chi connectivity index (χ2n) is 5.49. The Labute approximate surface area is 111 Å². The molecule has 2 nitrogen and oxygen atoms in total. The zero-order valence-electron chi connectivity index (χ0n) is 11.7. The third-order valence-corrected chi connectivity index (χ3v) is 4.08. The monoisotopic (exact) mass is 246 g/mol. The summed E-state index contributed by atoms with van der Waals surface area (Å²) in [5.74, 6) is 0.809. The highest BCUT2D eigenvalue weighted by molar-refractivity contribution is 5.14. The highest BCUT2D eigenvalue weighted by atomic mass is 15.1. The molecule has 2 rings (SSSR count). The van der Waals surface area contributed by atoms with Crippen LogP contribution in [0.3, 0.4) is 0 Å². The topological polar surface area (TPSA) is 15.3 Å². The molecule has 0 aromatic heterocycles. The Morgan fingerprint density at radius 1 is 1.28 bits per heavy atom. The van der Waals surface area contributed by atoms with Crippen LogP contribution < -0.4 is 5.32 Å². The largest absolute Gasteiger partial charge is 0.312 e. The van der Waals surface area contributed by atoms with Gasteiger partial charge < -0.3 is 5.32 Å². The molecular formula is C16H26N2. The van der Waals surface area contributed by atoms with Crippen LogP contribution in [0.2, 0.25) is 0 Å². The molecule has 1 aromatic rings. The Kier molecular flexibility index (Phi) is 5.21. The van der Waals surface area contributed by atoms with Crippen molar-refractivity contribution in [2.75, 3.05) is 19.6 Å². The van der Waals surface area contributed by atoms with E-state index in [1.807, 2.05) is 0 Å². The maximum atomic E-state index is 3.68. The molecule has 2 atom stereocenters. The van der Waals surface area contributed by atoms with Gasteiger partial charge in [0.15, 0.2) is 0 Å². The predicted molar refractivity (Wildman–Crippen MR) is 77.6 cm³/mol. The van der Waals surface area contributed by atoms with Gasteiger partial charge in [-0.3, -0.25) is 4.90 Å². The van der Waals surface area contributed by atoms with Crippen molar-refractivity contribution in [2.24, 2.45) is 5.92 Å². The van der Waals surface area contributed by atoms with Crippen LogP contribution in [-0.2, 0) is 6.54 Å². The van der Waals surface area contributed by atoms with E-state index >= 15 is 0 Å². The Bertz CT molecular complexity index is 336. The van der Waals surface area contributed by atoms with Crippen molar-refractivity contribution in [3.63, 3.8) is 0 Å². The molecule has 1 aliphatic heterocycles. The molecule has 1 heterocycles. The summed E-state index contributed by atoms with van der Waals surface area (Å²) in [4.78, 5) is 2.55. The van der Waals surface area contributed by atoms with E-state index in [0.29, 0.717) is 6.04 Å². The van der Waals surface area contributed by atoms with Gasteiger partial charge in [0.05, 0.1) is 0 Å². The summed E-state index contributed by atoms with van der Waals surface area (Å²) in [5, 5.41) is 3.68. The van der Waals surface area contributed by atoms with E-state index in [0.717, 1.165) is 19.0 Å². The Morgan fingerprint density at radius 2 is 2.06 bits per heavy atom. The summed E-state index contributed by atoms with van der Waals surface area (Å²) in [7, 11) is 0. The lowest BCUT2D eigenvalue weighted by molar-refractivity contribution is 0.191. The molecule has 100 valence electrons. The van der Waals surface area contributed by atoms with Crippen LogP contribution in [-0.4, -0.2) is 30.6 Å². The Morgan fingerprint density at radius 3 is 2.72 bits per heavy atom. The number of likely N-dealkylation sites (N-methyl/N-ethyl adjacent to an activating group) is 1. The number of nitrogens with zero attached hydrogens (tertiary/aromatic N) is 1. The summed E-state index contributed by atoms with van der Waals surface area (Å²) >= 11 is 0. The third-order valence-electron chi connectivity index (χ3n) is 4.08. The van der Waals surface area contributed by atoms with Crippen molar-refractivity contribution in [1.82, 2.24) is 10.2 Å². The zero-order chi connectivity index (χ0) is 12.8. The maximum absolute atomic E-state index is 3.68. The van der Waals surface area contributed by atoms with Gasteiger partial charge >= 0.3 is 0 Å². The first-order valence-electron chi connectivity index (χ1n) is 7.29. The summed E-state index contributed by atoms with van der Waals surface area (Å²) < 4.78 is 0. The van der Waals surface area contributed by atoms with Crippen LogP contribution >= 0.6 is 0 Å². The summed E-state index contributed by atoms with van der Waals surface area (Å²) in [6.45, 7) is 9.20. The van der Waals surface area contributed by atoms with Crippen molar-refractivity contribution in [1.29, 1.82) is 0 Å². The molecule has 2 unspecified atom stereocenters. The van der Waals surface area contributed by atoms with E-state index in [9.17, 15) is 0 Å². The van der Waals surface area contributed by atoms with Crippen LogP contribution in [0.5, 0.6) is 0 Å². The fourth-order valence-corrected chi connectivity index (χ4v) is 2.78. The van der Waals surface area contributed by atoms with Crippen LogP contribution in [0.1, 0.15) is 32.3 Å². The minimum Gasteiger partial charge on any atom is -0.312 e. The lowest BCUT2D eigenvalue weighted by Gasteiger charge is -2.34. The number of benzene rings is 1. The van der Waals surface area contributed by atoms with E-state index in [-0.39, 0.29) is 0 Å². The Hall–Kier alpha value is -0.860. The van der Waals surface area contributed by atoms with Gasteiger partial charge in [-0.25, -0.2) is 0 Å². The Balaban J connectivity index is 1.88. The molecule has 0 saturated carbocycles. The maximum Gasteiger partial charge on any atom is 0.0234 e. The van der Waals surface area contributed by atoms with Gasteiger partial charge in [0.25, 0.3) is 0 Å². The second kappa shape index (κ2) is 6.91. The molecule has 0 amide bonds. The second-order valence-corrected chi connectivity index (χ2v) is 5.49. The average Bonchev–Trinajstić information content (AvgIpc) is 2.41. The van der Waals surface area contributed by atoms with Crippen LogP contribution in [0.25, 0.3) is 0 Å². The highest BCUT2D eigenvalue weighted by Gasteiger charge is 2.22. The first-order chi connectivity index (χ1) is 8.79. The van der Waals surface area contributed by atoms with Crippen molar-refractivity contribution in [3.8, 4) is 0 Å². The fraction of sp³-hybridized carbons (Fsp3) is 0.625. The van der Waals surface area contributed by atoms with Gasteiger partial charge in [0, 0.05) is 19.1 Å². The van der Waals surface area contributed by atoms with Crippen molar-refractivity contribution >= 4 is 0 Å². The lowest BCUT2D eigenvalue weighted by Crippen LogP contribution is -2.47. The van der Waals surface area contributed by atoms with Gasteiger partial charge in [0.1, 0.15) is 0 Å². The summed E-state index contributed by atoms with van der Waals surface area (Å²) in [6.07, 6.45) is 2.71. The molecule has 0 bridgehead atoms. The van der Waals surface area contributed by atoms with Crippen LogP contribution in [0.15, 0.2) is 30.3 Å². The molecular weight excluding hydrogens is 220 g/mol. The minimum atomic E-state index is 0.669. The first kappa shape index (κ1) is 13.6. The van der Waals surface area contributed by atoms with E-state index in [1.165, 1.54) is 31.5 Å². The molecule has 1 N–H and O–H groups in total. The highest BCUT2D eigenvalue weighted by Crippen LogP contribution is 2.17. The standard InChI is InChI=1S/C16H26N2/c1-3-18(12-15-9-5-4-6-10-15)13-16-14(2)8-7-11-17-16/h4-6,9-10,14,16-17H,3,7-8,11-13H2,1-2H3. The van der Waals surface area contributed by atoms with E-state index in [2.05, 4.69) is 54.4 Å². The molecule has 2 heteroatoms. The zero-order valence-corrected chi connectivity index (χ0v) is 11.7. The predicted octanol–water partition coefficient (Wildman–Crippen LogP) is 2.90. The molecule has 1 aliphatic rings. The molecule has 0 spiro atoms. The minimum absolute atomic E-state index is 0.669. The third kappa shape index (κ3) is 3.82. The van der Waals surface area contributed by atoms with E-state index < -0.39 is 0 Å². The summed E-state index contributed by atoms with van der Waals surface area (Å²) in [5.41, 5.74) is 1.42. The molecule has 18 heavy (non-hydrogen) atoms. The van der Waals surface area contributed by atoms with Gasteiger partial charge in [-0.15, -0.1) is 0 Å². The van der Waals surface area contributed by atoms with Crippen molar-refractivity contribution < 1.29 is 0 Å². The fourth-order valence-electron chi connectivity index (χ4n) is 2.78. The van der Waals surface area contributed by atoms with Crippen LogP contribution in [0, 0.1) is 5.92 Å². The van der Waals surface area contributed by atoms with Crippen molar-refractivity contribution in [3.05, 3.63) is 35.9 Å². The number of hydrogen-bond donors (Lipinski definition) is 1. The van der Waals surface area contributed by atoms with Crippen LogP contribution in [0.4, 0.5) is 0 Å². The molecule has 0 aliphatic carbocycles. The average molecular weight is 246 g/mol. The number of nitrogens with one attached hydrogen (secondary N) is 1. The van der Waals surface area contributed by atoms with Gasteiger partial charge in [-0.1, -0.05) is 44.2 Å². The smallest absolute Gasteiger partial charge is 0.0234 e. The van der Waals surface area contributed by atoms with Gasteiger partial charge in [-0.2, -0.15) is 0 Å². The van der Waals surface area contributed by atoms with E-state index in [1.54, 1.807) is 0 Å². The number of piperidine rings is 1. The summed E-state index contributed by atoms with van der Waals surface area (Å²) in [6, 6.07) is 11.5. The molecule has 1 fully saturated rings. The van der Waals surface area contributed by atoms with Crippen molar-refractivity contribution in [2.45, 2.75) is 39.3 Å². The SMILES string of the molecule is CCN(Cc1ccccc1)CC1NCCCC1C.